The fourth-order valence-corrected chi connectivity index (χ4v) is 5.44. The average Bonchev–Trinajstić information content (AvgIpc) is 3.45. The maximum atomic E-state index is 13.4. The van der Waals surface area contributed by atoms with E-state index in [-0.39, 0.29) is 12.5 Å². The van der Waals surface area contributed by atoms with Gasteiger partial charge in [-0.25, -0.2) is 4.98 Å². The molecule has 1 saturated heterocycles. The van der Waals surface area contributed by atoms with Crippen LogP contribution in [0.4, 0.5) is 24.0 Å². The summed E-state index contributed by atoms with van der Waals surface area (Å²) in [5.74, 6) is 1.37. The Morgan fingerprint density at radius 3 is 2.41 bits per heavy atom. The van der Waals surface area contributed by atoms with Crippen LogP contribution >= 0.6 is 11.5 Å². The van der Waals surface area contributed by atoms with Crippen LogP contribution in [0.2, 0.25) is 0 Å². The van der Waals surface area contributed by atoms with Crippen molar-refractivity contribution in [2.45, 2.75) is 19.1 Å². The highest BCUT2D eigenvalue weighted by Gasteiger charge is 2.31. The van der Waals surface area contributed by atoms with Gasteiger partial charge in [0.15, 0.2) is 0 Å². The highest BCUT2D eigenvalue weighted by molar-refractivity contribution is 7.09. The average molecular weight is 582 g/mol. The number of benzene rings is 3. The molecule has 4 aromatic rings. The summed E-state index contributed by atoms with van der Waals surface area (Å²) in [6.45, 7) is 2.36. The standard InChI is InChI=1S/C30H30F3N5O2S/c1-40-26-12-5-9-23(17-26)18-27-34-29(41-35-27)38(20-22-7-3-2-4-8-22)21-28(39)37-15-13-36(14-16-37)25-11-6-10-24(19-25)30(31,32)33/h2-12,17,19H,13-16,18,20-21H2,1H3. The van der Waals surface area contributed by atoms with Crippen molar-refractivity contribution in [1.29, 1.82) is 0 Å². The number of aromatic nitrogens is 2. The van der Waals surface area contributed by atoms with Gasteiger partial charge in [-0.1, -0.05) is 48.5 Å². The van der Waals surface area contributed by atoms with Gasteiger partial charge in [0.1, 0.15) is 11.6 Å². The van der Waals surface area contributed by atoms with E-state index in [0.717, 1.165) is 29.0 Å². The number of anilines is 2. The van der Waals surface area contributed by atoms with Crippen LogP contribution in [0.15, 0.2) is 78.9 Å². The number of amides is 1. The molecule has 1 aliphatic rings. The molecule has 5 rings (SSSR count). The Morgan fingerprint density at radius 2 is 1.68 bits per heavy atom. The number of carbonyl (C=O) groups excluding carboxylic acids is 1. The lowest BCUT2D eigenvalue weighted by molar-refractivity contribution is -0.137. The molecular formula is C30H30F3N5O2S. The Bertz CT molecular complexity index is 1460. The molecule has 0 atom stereocenters. The van der Waals surface area contributed by atoms with E-state index >= 15 is 0 Å². The van der Waals surface area contributed by atoms with E-state index < -0.39 is 11.7 Å². The van der Waals surface area contributed by atoms with Crippen LogP contribution in [-0.2, 0) is 23.9 Å². The summed E-state index contributed by atoms with van der Waals surface area (Å²) in [4.78, 5) is 23.8. The molecule has 214 valence electrons. The number of rotatable bonds is 9. The normalized spacial score (nSPS) is 13.8. The molecule has 1 amide bonds. The molecule has 11 heteroatoms. The number of piperazine rings is 1. The molecule has 1 aliphatic heterocycles. The van der Waals surface area contributed by atoms with Crippen LogP contribution in [0.25, 0.3) is 0 Å². The molecule has 3 aromatic carbocycles. The van der Waals surface area contributed by atoms with Crippen LogP contribution in [0, 0.1) is 0 Å². The lowest BCUT2D eigenvalue weighted by Gasteiger charge is -2.37. The van der Waals surface area contributed by atoms with E-state index in [1.54, 1.807) is 18.1 Å². The van der Waals surface area contributed by atoms with Crippen molar-refractivity contribution in [1.82, 2.24) is 14.3 Å². The minimum Gasteiger partial charge on any atom is -0.497 e. The number of methoxy groups -OCH3 is 1. The van der Waals surface area contributed by atoms with Crippen LogP contribution in [0.5, 0.6) is 5.75 Å². The zero-order chi connectivity index (χ0) is 28.8. The second-order valence-corrected chi connectivity index (χ2v) is 10.5. The molecule has 0 N–H and O–H groups in total. The van der Waals surface area contributed by atoms with Gasteiger partial charge in [0.25, 0.3) is 0 Å². The lowest BCUT2D eigenvalue weighted by atomic mass is 10.1. The van der Waals surface area contributed by atoms with Gasteiger partial charge < -0.3 is 19.4 Å². The number of hydrogen-bond acceptors (Lipinski definition) is 7. The van der Waals surface area contributed by atoms with Gasteiger partial charge in [0, 0.05) is 56.4 Å². The first kappa shape index (κ1) is 28.4. The summed E-state index contributed by atoms with van der Waals surface area (Å²) in [6, 6.07) is 22.9. The van der Waals surface area contributed by atoms with E-state index in [4.69, 9.17) is 9.72 Å². The topological polar surface area (TPSA) is 61.8 Å². The third kappa shape index (κ3) is 7.35. The minimum atomic E-state index is -4.39. The van der Waals surface area contributed by atoms with E-state index in [1.165, 1.54) is 17.6 Å². The highest BCUT2D eigenvalue weighted by atomic mass is 32.1. The maximum absolute atomic E-state index is 13.4. The van der Waals surface area contributed by atoms with Crippen molar-refractivity contribution in [3.8, 4) is 5.75 Å². The Kier molecular flexibility index (Phi) is 8.72. The zero-order valence-corrected chi connectivity index (χ0v) is 23.4. The fraction of sp³-hybridized carbons (Fsp3) is 0.300. The van der Waals surface area contributed by atoms with Gasteiger partial charge in [-0.15, -0.1) is 0 Å². The van der Waals surface area contributed by atoms with Gasteiger partial charge in [-0.3, -0.25) is 4.79 Å². The zero-order valence-electron chi connectivity index (χ0n) is 22.6. The summed E-state index contributed by atoms with van der Waals surface area (Å²) in [7, 11) is 1.63. The van der Waals surface area contributed by atoms with Gasteiger partial charge in [-0.2, -0.15) is 17.5 Å². The SMILES string of the molecule is COc1cccc(Cc2nsc(N(CC(=O)N3CCN(c4cccc(C(F)(F)F)c4)CC3)Cc3ccccc3)n2)c1. The molecule has 7 nitrogen and oxygen atoms in total. The molecule has 2 heterocycles. The molecule has 1 aromatic heterocycles. The number of alkyl halides is 3. The Balaban J connectivity index is 1.26. The predicted molar refractivity (Wildman–Crippen MR) is 153 cm³/mol. The van der Waals surface area contributed by atoms with Crippen LogP contribution in [0.3, 0.4) is 0 Å². The molecule has 0 bridgehead atoms. The van der Waals surface area contributed by atoms with Crippen molar-refractivity contribution < 1.29 is 22.7 Å². The quantitative estimate of drug-likeness (QED) is 0.260. The van der Waals surface area contributed by atoms with Crippen molar-refractivity contribution in [2.75, 3.05) is 49.6 Å². The van der Waals surface area contributed by atoms with Gasteiger partial charge >= 0.3 is 6.18 Å². The first-order chi connectivity index (χ1) is 19.8. The van der Waals surface area contributed by atoms with Gasteiger partial charge in [0.05, 0.1) is 19.2 Å². The van der Waals surface area contributed by atoms with E-state index in [1.807, 2.05) is 64.4 Å². The van der Waals surface area contributed by atoms with Gasteiger partial charge in [0.2, 0.25) is 11.0 Å². The monoisotopic (exact) mass is 581 g/mol. The van der Waals surface area contributed by atoms with E-state index in [0.29, 0.717) is 55.8 Å². The van der Waals surface area contributed by atoms with Gasteiger partial charge in [-0.05, 0) is 41.5 Å². The number of nitrogens with zero attached hydrogens (tertiary/aromatic N) is 5. The van der Waals surface area contributed by atoms with Crippen LogP contribution in [0.1, 0.15) is 22.5 Å². The summed E-state index contributed by atoms with van der Waals surface area (Å²) in [5, 5.41) is 0.655. The van der Waals surface area contributed by atoms with Crippen molar-refractivity contribution >= 4 is 28.3 Å². The second-order valence-electron chi connectivity index (χ2n) is 9.78. The van der Waals surface area contributed by atoms with Crippen molar-refractivity contribution in [2.24, 2.45) is 0 Å². The molecule has 0 spiro atoms. The minimum absolute atomic E-state index is 0.0610. The summed E-state index contributed by atoms with van der Waals surface area (Å²) >= 11 is 1.26. The predicted octanol–water partition coefficient (Wildman–Crippen LogP) is 5.51. The first-order valence-electron chi connectivity index (χ1n) is 13.2. The fourth-order valence-electron chi connectivity index (χ4n) is 4.76. The lowest BCUT2D eigenvalue weighted by Crippen LogP contribution is -2.51. The van der Waals surface area contributed by atoms with Crippen molar-refractivity contribution in [3.63, 3.8) is 0 Å². The largest absolute Gasteiger partial charge is 0.497 e. The highest BCUT2D eigenvalue weighted by Crippen LogP contribution is 2.32. The van der Waals surface area contributed by atoms with E-state index in [2.05, 4.69) is 4.37 Å². The summed E-state index contributed by atoms with van der Waals surface area (Å²) in [6.07, 6.45) is -3.85. The maximum Gasteiger partial charge on any atom is 0.416 e. The molecular weight excluding hydrogens is 551 g/mol. The molecule has 0 saturated carbocycles. The number of carbonyl (C=O) groups is 1. The molecule has 0 unspecified atom stereocenters. The Labute approximate surface area is 241 Å². The third-order valence-corrected chi connectivity index (χ3v) is 7.75. The Morgan fingerprint density at radius 1 is 0.951 bits per heavy atom. The molecule has 1 fully saturated rings. The number of ether oxygens (including phenoxy) is 1. The second kappa shape index (κ2) is 12.6. The molecule has 41 heavy (non-hydrogen) atoms. The third-order valence-electron chi connectivity index (χ3n) is 6.94. The van der Waals surface area contributed by atoms with Crippen LogP contribution in [-0.4, -0.2) is 60.0 Å². The molecule has 0 radical (unpaired) electrons. The Hall–Kier alpha value is -4.12. The number of hydrogen-bond donors (Lipinski definition) is 0. The van der Waals surface area contributed by atoms with Crippen LogP contribution < -0.4 is 14.5 Å². The van der Waals surface area contributed by atoms with E-state index in [9.17, 15) is 18.0 Å². The molecule has 0 aliphatic carbocycles. The smallest absolute Gasteiger partial charge is 0.416 e. The summed E-state index contributed by atoms with van der Waals surface area (Å²) in [5.41, 5.74) is 1.90. The first-order valence-corrected chi connectivity index (χ1v) is 14.0. The number of halogens is 3. The van der Waals surface area contributed by atoms with Crippen molar-refractivity contribution in [3.05, 3.63) is 101 Å². The summed E-state index contributed by atoms with van der Waals surface area (Å²) < 4.78 is 49.4.